The third-order valence-electron chi connectivity index (χ3n) is 5.63. The van der Waals surface area contributed by atoms with Crippen molar-refractivity contribution in [3.63, 3.8) is 0 Å². The van der Waals surface area contributed by atoms with E-state index in [0.717, 1.165) is 11.0 Å². The fraction of sp³-hybridized carbons (Fsp3) is 0.500. The fourth-order valence-electron chi connectivity index (χ4n) is 4.08. The second-order valence-corrected chi connectivity index (χ2v) is 9.99. The van der Waals surface area contributed by atoms with Crippen molar-refractivity contribution in [2.24, 2.45) is 5.92 Å². The first-order valence-electron chi connectivity index (χ1n) is 9.12. The van der Waals surface area contributed by atoms with Crippen LogP contribution in [0.5, 0.6) is 0 Å². The number of hydrogen-bond donors (Lipinski definition) is 2. The van der Waals surface area contributed by atoms with Crippen LogP contribution in [0.4, 0.5) is 0 Å². The second kappa shape index (κ2) is 6.85. The summed E-state index contributed by atoms with van der Waals surface area (Å²) < 4.78 is 25.2. The monoisotopic (exact) mass is 405 g/mol. The van der Waals surface area contributed by atoms with E-state index in [9.17, 15) is 18.0 Å². The molecule has 0 radical (unpaired) electrons. The number of aromatic amines is 1. The summed E-state index contributed by atoms with van der Waals surface area (Å²) in [5.74, 6) is -0.638. The highest BCUT2D eigenvalue weighted by Gasteiger charge is 2.52. The van der Waals surface area contributed by atoms with Crippen LogP contribution < -0.4 is 5.32 Å². The van der Waals surface area contributed by atoms with Crippen molar-refractivity contribution in [3.8, 4) is 0 Å². The molecule has 10 heteroatoms. The summed E-state index contributed by atoms with van der Waals surface area (Å²) in [7, 11) is 0.0392. The van der Waals surface area contributed by atoms with Crippen LogP contribution in [0.3, 0.4) is 0 Å². The van der Waals surface area contributed by atoms with E-state index >= 15 is 0 Å². The van der Waals surface area contributed by atoms with Crippen LogP contribution in [0.15, 0.2) is 24.5 Å². The minimum atomic E-state index is -3.31. The lowest BCUT2D eigenvalue weighted by Crippen LogP contribution is -2.43. The number of carbonyl (C=O) groups is 2. The predicted octanol–water partition coefficient (Wildman–Crippen LogP) is -0.522. The maximum absolute atomic E-state index is 12.7. The Balaban J connectivity index is 1.48. The standard InChI is InChI=1S/C18H23N5O4S/c1-22(2)17(24)8-23-6-12-15(9-28(26,27)16(12)7-23)21-18(25)11-3-4-13-14(5-11)20-10-19-13/h3-5,10,12,15-16H,6-9H2,1-2H3,(H,19,20)(H,21,25)/t12-,15+,16-/m0/s1. The molecule has 4 rings (SSSR count). The van der Waals surface area contributed by atoms with E-state index in [1.807, 2.05) is 4.90 Å². The zero-order valence-corrected chi connectivity index (χ0v) is 16.6. The maximum atomic E-state index is 12.7. The molecule has 2 aromatic rings. The third-order valence-corrected chi connectivity index (χ3v) is 7.88. The van der Waals surface area contributed by atoms with E-state index < -0.39 is 21.1 Å². The highest BCUT2D eigenvalue weighted by atomic mass is 32.2. The van der Waals surface area contributed by atoms with Gasteiger partial charge < -0.3 is 15.2 Å². The molecule has 9 nitrogen and oxygen atoms in total. The normalized spacial score (nSPS) is 26.3. The lowest BCUT2D eigenvalue weighted by Gasteiger charge is -2.21. The van der Waals surface area contributed by atoms with E-state index in [1.54, 1.807) is 38.6 Å². The Morgan fingerprint density at radius 3 is 2.86 bits per heavy atom. The summed E-state index contributed by atoms with van der Waals surface area (Å²) in [4.78, 5) is 35.1. The number of likely N-dealkylation sites (tertiary alicyclic amines) is 1. The van der Waals surface area contributed by atoms with Crippen LogP contribution in [0.2, 0.25) is 0 Å². The van der Waals surface area contributed by atoms with Crippen LogP contribution in [0, 0.1) is 5.92 Å². The quantitative estimate of drug-likeness (QED) is 0.707. The van der Waals surface area contributed by atoms with Gasteiger partial charge in [0.25, 0.3) is 5.91 Å². The molecule has 3 heterocycles. The topological polar surface area (TPSA) is 115 Å². The van der Waals surface area contributed by atoms with Crippen molar-refractivity contribution in [1.82, 2.24) is 25.1 Å². The van der Waals surface area contributed by atoms with Gasteiger partial charge in [0.2, 0.25) is 5.91 Å². The Morgan fingerprint density at radius 2 is 2.11 bits per heavy atom. The SMILES string of the molecule is CN(C)C(=O)CN1C[C@H]2[C@H](NC(=O)c3ccc4nc[nH]c4c3)CS(=O)(=O)[C@H]2C1. The molecule has 0 bridgehead atoms. The number of nitrogens with one attached hydrogen (secondary N) is 2. The molecular weight excluding hydrogens is 382 g/mol. The Kier molecular flexibility index (Phi) is 4.62. The van der Waals surface area contributed by atoms with E-state index in [4.69, 9.17) is 0 Å². The number of amides is 2. The summed E-state index contributed by atoms with van der Waals surface area (Å²) in [5, 5.41) is 2.36. The van der Waals surface area contributed by atoms with Gasteiger partial charge in [-0.05, 0) is 18.2 Å². The average Bonchev–Trinajstić information content (AvgIpc) is 3.31. The van der Waals surface area contributed by atoms with Gasteiger partial charge in [0.1, 0.15) is 0 Å². The number of hydrogen-bond acceptors (Lipinski definition) is 6. The van der Waals surface area contributed by atoms with E-state index in [2.05, 4.69) is 15.3 Å². The number of H-pyrrole nitrogens is 1. The molecule has 2 saturated heterocycles. The first-order valence-corrected chi connectivity index (χ1v) is 10.8. The van der Waals surface area contributed by atoms with Gasteiger partial charge >= 0.3 is 0 Å². The highest BCUT2D eigenvalue weighted by Crippen LogP contribution is 2.34. The largest absolute Gasteiger partial charge is 0.348 e. The van der Waals surface area contributed by atoms with Gasteiger partial charge in [-0.25, -0.2) is 13.4 Å². The maximum Gasteiger partial charge on any atom is 0.251 e. The molecule has 0 aliphatic carbocycles. The minimum Gasteiger partial charge on any atom is -0.348 e. The van der Waals surface area contributed by atoms with Crippen molar-refractivity contribution in [2.45, 2.75) is 11.3 Å². The molecule has 0 spiro atoms. The molecule has 1 aromatic carbocycles. The van der Waals surface area contributed by atoms with E-state index in [0.29, 0.717) is 18.7 Å². The molecule has 0 unspecified atom stereocenters. The number of fused-ring (bicyclic) bond motifs is 2. The van der Waals surface area contributed by atoms with Crippen LogP contribution in [-0.4, -0.2) is 90.8 Å². The van der Waals surface area contributed by atoms with Crippen LogP contribution in [0.25, 0.3) is 11.0 Å². The molecule has 28 heavy (non-hydrogen) atoms. The minimum absolute atomic E-state index is 0.0597. The number of rotatable bonds is 4. The molecule has 2 fully saturated rings. The van der Waals surface area contributed by atoms with Gasteiger partial charge in [0, 0.05) is 44.7 Å². The molecule has 2 amide bonds. The van der Waals surface area contributed by atoms with Crippen molar-refractivity contribution < 1.29 is 18.0 Å². The van der Waals surface area contributed by atoms with Crippen molar-refractivity contribution in [2.75, 3.05) is 39.5 Å². The number of nitrogens with zero attached hydrogens (tertiary/aromatic N) is 3. The van der Waals surface area contributed by atoms with Crippen LogP contribution in [-0.2, 0) is 14.6 Å². The molecule has 150 valence electrons. The number of carbonyl (C=O) groups excluding carboxylic acids is 2. The van der Waals surface area contributed by atoms with Crippen LogP contribution in [0.1, 0.15) is 10.4 Å². The summed E-state index contributed by atoms with van der Waals surface area (Å²) in [6.07, 6.45) is 1.56. The third kappa shape index (κ3) is 3.37. The number of likely N-dealkylation sites (N-methyl/N-ethyl adjacent to an activating group) is 1. The first kappa shape index (κ1) is 18.9. The smallest absolute Gasteiger partial charge is 0.251 e. The fourth-order valence-corrected chi connectivity index (χ4v) is 6.41. The second-order valence-electron chi connectivity index (χ2n) is 7.73. The summed E-state index contributed by atoms with van der Waals surface area (Å²) in [5.41, 5.74) is 1.96. The van der Waals surface area contributed by atoms with E-state index in [-0.39, 0.29) is 30.0 Å². The van der Waals surface area contributed by atoms with Crippen molar-refractivity contribution in [1.29, 1.82) is 0 Å². The lowest BCUT2D eigenvalue weighted by molar-refractivity contribution is -0.129. The predicted molar refractivity (Wildman–Crippen MR) is 104 cm³/mol. The van der Waals surface area contributed by atoms with Crippen molar-refractivity contribution in [3.05, 3.63) is 30.1 Å². The van der Waals surface area contributed by atoms with Gasteiger partial charge in [0.05, 0.1) is 34.9 Å². The number of aromatic nitrogens is 2. The Labute approximate surface area is 163 Å². The first-order chi connectivity index (χ1) is 13.2. The Morgan fingerprint density at radius 1 is 1.32 bits per heavy atom. The number of benzene rings is 1. The molecule has 3 atom stereocenters. The molecule has 2 aliphatic rings. The van der Waals surface area contributed by atoms with Gasteiger partial charge in [-0.3, -0.25) is 14.5 Å². The van der Waals surface area contributed by atoms with Crippen LogP contribution >= 0.6 is 0 Å². The average molecular weight is 405 g/mol. The Bertz CT molecular complexity index is 1030. The molecule has 1 aromatic heterocycles. The highest BCUT2D eigenvalue weighted by molar-refractivity contribution is 7.92. The number of imidazole rings is 1. The summed E-state index contributed by atoms with van der Waals surface area (Å²) in [6.45, 7) is 1.000. The van der Waals surface area contributed by atoms with Crippen molar-refractivity contribution >= 4 is 32.7 Å². The molecule has 0 saturated carbocycles. The summed E-state index contributed by atoms with van der Waals surface area (Å²) in [6, 6.07) is 4.67. The van der Waals surface area contributed by atoms with Gasteiger partial charge in [-0.2, -0.15) is 0 Å². The Hall–Kier alpha value is -2.46. The lowest BCUT2D eigenvalue weighted by atomic mass is 10.00. The molecule has 2 aliphatic heterocycles. The van der Waals surface area contributed by atoms with Gasteiger partial charge in [0.15, 0.2) is 9.84 Å². The number of sulfone groups is 1. The van der Waals surface area contributed by atoms with Gasteiger partial charge in [-0.15, -0.1) is 0 Å². The molecule has 2 N–H and O–H groups in total. The van der Waals surface area contributed by atoms with Gasteiger partial charge in [-0.1, -0.05) is 0 Å². The summed E-state index contributed by atoms with van der Waals surface area (Å²) >= 11 is 0. The zero-order valence-electron chi connectivity index (χ0n) is 15.8. The molecular formula is C18H23N5O4S. The zero-order chi connectivity index (χ0) is 20.1. The van der Waals surface area contributed by atoms with E-state index in [1.165, 1.54) is 4.90 Å².